The van der Waals surface area contributed by atoms with Crippen molar-refractivity contribution in [3.63, 3.8) is 0 Å². The molecule has 0 aliphatic heterocycles. The first-order valence-corrected chi connectivity index (χ1v) is 8.17. The SMILES string of the molecule is Cc1cc(C2(C(F)(F)F)CC2)ccc1Oc1ccc(C(=O)N(C)C)cn1. The van der Waals surface area contributed by atoms with Gasteiger partial charge < -0.3 is 9.64 Å². The van der Waals surface area contributed by atoms with Crippen molar-refractivity contribution in [3.05, 3.63) is 53.2 Å². The molecule has 4 nitrogen and oxygen atoms in total. The summed E-state index contributed by atoms with van der Waals surface area (Å²) in [5.41, 5.74) is -0.402. The molecule has 1 aliphatic carbocycles. The van der Waals surface area contributed by atoms with Gasteiger partial charge in [-0.05, 0) is 43.0 Å². The Morgan fingerprint density at radius 2 is 1.88 bits per heavy atom. The zero-order valence-electron chi connectivity index (χ0n) is 14.7. The predicted molar refractivity (Wildman–Crippen MR) is 90.5 cm³/mol. The molecule has 3 rings (SSSR count). The third-order valence-electron chi connectivity index (χ3n) is 4.62. The van der Waals surface area contributed by atoms with Crippen LogP contribution in [0.2, 0.25) is 0 Å². The van der Waals surface area contributed by atoms with Gasteiger partial charge in [-0.2, -0.15) is 13.2 Å². The Balaban J connectivity index is 1.78. The van der Waals surface area contributed by atoms with Crippen molar-refractivity contribution in [2.45, 2.75) is 31.4 Å². The highest BCUT2D eigenvalue weighted by atomic mass is 19.4. The number of hydrogen-bond donors (Lipinski definition) is 0. The van der Waals surface area contributed by atoms with Crippen LogP contribution in [0.1, 0.15) is 34.3 Å². The molecular weight excluding hydrogens is 345 g/mol. The molecule has 0 saturated heterocycles. The van der Waals surface area contributed by atoms with Crippen LogP contribution < -0.4 is 4.74 Å². The van der Waals surface area contributed by atoms with E-state index in [1.807, 2.05) is 0 Å². The van der Waals surface area contributed by atoms with E-state index >= 15 is 0 Å². The lowest BCUT2D eigenvalue weighted by Crippen LogP contribution is -2.28. The first-order valence-electron chi connectivity index (χ1n) is 8.17. The average molecular weight is 364 g/mol. The van der Waals surface area contributed by atoms with Gasteiger partial charge in [0.15, 0.2) is 0 Å². The normalized spacial score (nSPS) is 15.5. The summed E-state index contributed by atoms with van der Waals surface area (Å²) in [6, 6.07) is 7.68. The Hall–Kier alpha value is -2.57. The lowest BCUT2D eigenvalue weighted by atomic mass is 9.93. The lowest BCUT2D eigenvalue weighted by Gasteiger charge is -2.20. The van der Waals surface area contributed by atoms with Crippen molar-refractivity contribution in [3.8, 4) is 11.6 Å². The Morgan fingerprint density at radius 3 is 2.35 bits per heavy atom. The fraction of sp³-hybridized carbons (Fsp3) is 0.368. The summed E-state index contributed by atoms with van der Waals surface area (Å²) in [6.07, 6.45) is -2.58. The van der Waals surface area contributed by atoms with E-state index in [4.69, 9.17) is 4.74 Å². The molecule has 0 spiro atoms. The first kappa shape index (κ1) is 18.2. The van der Waals surface area contributed by atoms with Crippen LogP contribution in [0.15, 0.2) is 36.5 Å². The molecular formula is C19H19F3N2O2. The van der Waals surface area contributed by atoms with Crippen LogP contribution in [-0.2, 0) is 5.41 Å². The zero-order chi connectivity index (χ0) is 19.1. The maximum atomic E-state index is 13.2. The van der Waals surface area contributed by atoms with Crippen molar-refractivity contribution < 1.29 is 22.7 Å². The number of nitrogens with zero attached hydrogens (tertiary/aromatic N) is 2. The number of aromatic nitrogens is 1. The molecule has 1 fully saturated rings. The van der Waals surface area contributed by atoms with Crippen LogP contribution >= 0.6 is 0 Å². The van der Waals surface area contributed by atoms with Gasteiger partial charge in [0.1, 0.15) is 5.75 Å². The Bertz CT molecular complexity index is 826. The number of rotatable bonds is 4. The van der Waals surface area contributed by atoms with Crippen LogP contribution in [0.4, 0.5) is 13.2 Å². The van der Waals surface area contributed by atoms with Crippen LogP contribution in [-0.4, -0.2) is 36.1 Å². The Labute approximate surface area is 149 Å². The van der Waals surface area contributed by atoms with Crippen molar-refractivity contribution in [1.82, 2.24) is 9.88 Å². The quantitative estimate of drug-likeness (QED) is 0.803. The van der Waals surface area contributed by atoms with E-state index in [0.717, 1.165) is 0 Å². The molecule has 0 atom stereocenters. The molecule has 1 amide bonds. The zero-order valence-corrected chi connectivity index (χ0v) is 14.7. The van der Waals surface area contributed by atoms with E-state index in [1.54, 1.807) is 33.2 Å². The van der Waals surface area contributed by atoms with Gasteiger partial charge in [-0.25, -0.2) is 4.98 Å². The maximum Gasteiger partial charge on any atom is 0.398 e. The highest BCUT2D eigenvalue weighted by molar-refractivity contribution is 5.93. The van der Waals surface area contributed by atoms with Gasteiger partial charge in [-0.1, -0.05) is 12.1 Å². The van der Waals surface area contributed by atoms with E-state index in [1.165, 1.54) is 29.3 Å². The molecule has 26 heavy (non-hydrogen) atoms. The molecule has 0 unspecified atom stereocenters. The Morgan fingerprint density at radius 1 is 1.19 bits per heavy atom. The second-order valence-electron chi connectivity index (χ2n) is 6.75. The van der Waals surface area contributed by atoms with Gasteiger partial charge in [-0.3, -0.25) is 4.79 Å². The fourth-order valence-corrected chi connectivity index (χ4v) is 2.86. The van der Waals surface area contributed by atoms with Crippen LogP contribution in [0.25, 0.3) is 0 Å². The molecule has 2 aromatic rings. The number of carbonyl (C=O) groups is 1. The highest BCUT2D eigenvalue weighted by Crippen LogP contribution is 2.59. The minimum atomic E-state index is -4.24. The van der Waals surface area contributed by atoms with Crippen molar-refractivity contribution in [2.24, 2.45) is 0 Å². The summed E-state index contributed by atoms with van der Waals surface area (Å²) in [6.45, 7) is 1.70. The third kappa shape index (κ3) is 3.25. The monoisotopic (exact) mass is 364 g/mol. The second kappa shape index (κ2) is 6.30. The predicted octanol–water partition coefficient (Wildman–Crippen LogP) is 4.48. The van der Waals surface area contributed by atoms with E-state index in [9.17, 15) is 18.0 Å². The molecule has 0 N–H and O–H groups in total. The number of aryl methyl sites for hydroxylation is 1. The summed E-state index contributed by atoms with van der Waals surface area (Å²) in [4.78, 5) is 17.4. The number of benzene rings is 1. The minimum absolute atomic E-state index is 0.124. The number of amides is 1. The molecule has 1 aromatic heterocycles. The van der Waals surface area contributed by atoms with Gasteiger partial charge in [0, 0.05) is 26.4 Å². The van der Waals surface area contributed by atoms with Crippen LogP contribution in [0.3, 0.4) is 0 Å². The molecule has 138 valence electrons. The summed E-state index contributed by atoms with van der Waals surface area (Å²) in [5.74, 6) is 0.533. The van der Waals surface area contributed by atoms with E-state index in [-0.39, 0.29) is 30.2 Å². The summed E-state index contributed by atoms with van der Waals surface area (Å²) in [7, 11) is 3.29. The molecule has 0 radical (unpaired) electrons. The first-order chi connectivity index (χ1) is 12.1. The van der Waals surface area contributed by atoms with Crippen LogP contribution in [0, 0.1) is 6.92 Å². The van der Waals surface area contributed by atoms with Gasteiger partial charge in [0.2, 0.25) is 5.88 Å². The number of ether oxygens (including phenoxy) is 1. The lowest BCUT2D eigenvalue weighted by molar-refractivity contribution is -0.160. The number of carbonyl (C=O) groups excluding carboxylic acids is 1. The Kier molecular flexibility index (Phi) is 4.42. The van der Waals surface area contributed by atoms with E-state index in [0.29, 0.717) is 16.9 Å². The summed E-state index contributed by atoms with van der Waals surface area (Å²) >= 11 is 0. The molecule has 0 bridgehead atoms. The third-order valence-corrected chi connectivity index (χ3v) is 4.62. The van der Waals surface area contributed by atoms with Gasteiger partial charge in [0.05, 0.1) is 11.0 Å². The van der Waals surface area contributed by atoms with Gasteiger partial charge >= 0.3 is 6.18 Å². The van der Waals surface area contributed by atoms with Crippen LogP contribution in [0.5, 0.6) is 11.6 Å². The standard InChI is InChI=1S/C19H19F3N2O2/c1-12-10-14(18(8-9-18)19(20,21)22)5-6-15(12)26-16-7-4-13(11-23-16)17(25)24(2)3/h4-7,10-11H,8-9H2,1-3H3. The maximum absolute atomic E-state index is 13.2. The fourth-order valence-electron chi connectivity index (χ4n) is 2.86. The van der Waals surface area contributed by atoms with Crippen molar-refractivity contribution in [2.75, 3.05) is 14.1 Å². The van der Waals surface area contributed by atoms with Crippen molar-refractivity contribution in [1.29, 1.82) is 0 Å². The van der Waals surface area contributed by atoms with E-state index in [2.05, 4.69) is 4.98 Å². The molecule has 1 heterocycles. The molecule has 1 aliphatic rings. The van der Waals surface area contributed by atoms with Crippen molar-refractivity contribution >= 4 is 5.91 Å². The molecule has 7 heteroatoms. The minimum Gasteiger partial charge on any atom is -0.439 e. The topological polar surface area (TPSA) is 42.4 Å². The number of hydrogen-bond acceptors (Lipinski definition) is 3. The van der Waals surface area contributed by atoms with Gasteiger partial charge in [-0.15, -0.1) is 0 Å². The summed E-state index contributed by atoms with van der Waals surface area (Å²) in [5, 5.41) is 0. The number of halogens is 3. The van der Waals surface area contributed by atoms with E-state index < -0.39 is 11.6 Å². The summed E-state index contributed by atoms with van der Waals surface area (Å²) < 4.78 is 45.4. The molecule has 1 saturated carbocycles. The highest BCUT2D eigenvalue weighted by Gasteiger charge is 2.64. The molecule has 1 aromatic carbocycles. The largest absolute Gasteiger partial charge is 0.439 e. The average Bonchev–Trinajstić information content (AvgIpc) is 3.38. The smallest absolute Gasteiger partial charge is 0.398 e. The van der Waals surface area contributed by atoms with Gasteiger partial charge in [0.25, 0.3) is 5.91 Å². The number of alkyl halides is 3. The second-order valence-corrected chi connectivity index (χ2v) is 6.75. The number of pyridine rings is 1.